The number of aliphatic hydroxyl groups excluding tert-OH is 2. The van der Waals surface area contributed by atoms with Crippen LogP contribution < -0.4 is 0 Å². The van der Waals surface area contributed by atoms with Crippen molar-refractivity contribution in [2.45, 2.75) is 50.5 Å². The van der Waals surface area contributed by atoms with Crippen molar-refractivity contribution in [1.82, 2.24) is 24.8 Å². The number of hydrogen-bond donors (Lipinski definition) is 2. The topological polar surface area (TPSA) is 113 Å². The molecule has 1 aromatic carbocycles. The van der Waals surface area contributed by atoms with Gasteiger partial charge in [0.25, 0.3) is 0 Å². The number of aliphatic hydroxyl groups is 2. The monoisotopic (exact) mass is 445 g/mol. The maximum Gasteiger partial charge on any atom is 0.225 e. The lowest BCUT2D eigenvalue weighted by Crippen LogP contribution is -2.43. The normalized spacial score (nSPS) is 26.1. The van der Waals surface area contributed by atoms with Gasteiger partial charge < -0.3 is 24.6 Å². The van der Waals surface area contributed by atoms with E-state index in [4.69, 9.17) is 9.47 Å². The molecule has 1 aromatic heterocycles. The van der Waals surface area contributed by atoms with Gasteiger partial charge in [-0.05, 0) is 12.6 Å². The van der Waals surface area contributed by atoms with Gasteiger partial charge >= 0.3 is 0 Å². The number of amides is 1. The van der Waals surface area contributed by atoms with Gasteiger partial charge in [0.05, 0.1) is 38.0 Å². The molecule has 32 heavy (non-hydrogen) atoms. The Morgan fingerprint density at radius 2 is 1.84 bits per heavy atom. The van der Waals surface area contributed by atoms with Crippen LogP contribution in [-0.4, -0.2) is 98.7 Å². The molecule has 2 N–H and O–H groups in total. The molecule has 0 aliphatic carbocycles. The van der Waals surface area contributed by atoms with Gasteiger partial charge in [0.1, 0.15) is 18.3 Å². The first kappa shape index (κ1) is 22.8. The van der Waals surface area contributed by atoms with Crippen LogP contribution in [0.3, 0.4) is 0 Å². The smallest absolute Gasteiger partial charge is 0.225 e. The SMILES string of the molecule is CN(Cc1ccccc1)Cc1cn(CC2OC(CC(=O)N3CCOCC3)C(O)C2O)nn1. The second kappa shape index (κ2) is 10.5. The van der Waals surface area contributed by atoms with Crippen molar-refractivity contribution in [2.75, 3.05) is 33.4 Å². The number of benzene rings is 1. The van der Waals surface area contributed by atoms with Crippen molar-refractivity contribution in [3.05, 3.63) is 47.8 Å². The Hall–Kier alpha value is -2.37. The lowest BCUT2D eigenvalue weighted by molar-refractivity contribution is -0.139. The summed E-state index contributed by atoms with van der Waals surface area (Å²) in [5.41, 5.74) is 2.02. The summed E-state index contributed by atoms with van der Waals surface area (Å²) in [6, 6.07) is 10.2. The van der Waals surface area contributed by atoms with E-state index in [9.17, 15) is 15.0 Å². The molecular formula is C22H31N5O5. The van der Waals surface area contributed by atoms with Gasteiger partial charge in [0.2, 0.25) is 5.91 Å². The Morgan fingerprint density at radius 1 is 1.12 bits per heavy atom. The number of rotatable bonds is 8. The Bertz CT molecular complexity index is 873. The summed E-state index contributed by atoms with van der Waals surface area (Å²) in [5, 5.41) is 29.2. The van der Waals surface area contributed by atoms with Gasteiger partial charge in [-0.1, -0.05) is 35.5 Å². The maximum absolute atomic E-state index is 12.5. The zero-order chi connectivity index (χ0) is 22.5. The lowest BCUT2D eigenvalue weighted by atomic mass is 10.0. The number of ether oxygens (including phenoxy) is 2. The second-order valence-corrected chi connectivity index (χ2v) is 8.48. The number of nitrogens with zero attached hydrogens (tertiary/aromatic N) is 5. The van der Waals surface area contributed by atoms with Gasteiger partial charge in [0.15, 0.2) is 0 Å². The van der Waals surface area contributed by atoms with Gasteiger partial charge in [-0.3, -0.25) is 9.69 Å². The standard InChI is InChI=1S/C22H31N5O5/c1-25(12-16-5-3-2-4-6-16)13-17-14-27(24-23-17)15-19-22(30)21(29)18(32-19)11-20(28)26-7-9-31-10-8-26/h2-6,14,18-19,21-22,29-30H,7-13,15H2,1H3. The fourth-order valence-electron chi connectivity index (χ4n) is 4.17. The van der Waals surface area contributed by atoms with E-state index in [0.717, 1.165) is 12.2 Å². The van der Waals surface area contributed by atoms with Crippen LogP contribution in [0.5, 0.6) is 0 Å². The van der Waals surface area contributed by atoms with Gasteiger partial charge in [-0.2, -0.15) is 0 Å². The predicted octanol–water partition coefficient (Wildman–Crippen LogP) is -0.352. The highest BCUT2D eigenvalue weighted by atomic mass is 16.5. The molecule has 4 rings (SSSR count). The number of carbonyl (C=O) groups excluding carboxylic acids is 1. The molecule has 3 heterocycles. The van der Waals surface area contributed by atoms with Crippen LogP contribution in [0.15, 0.2) is 36.5 Å². The summed E-state index contributed by atoms with van der Waals surface area (Å²) in [4.78, 5) is 16.3. The van der Waals surface area contributed by atoms with Crippen molar-refractivity contribution in [2.24, 2.45) is 0 Å². The fourth-order valence-corrected chi connectivity index (χ4v) is 4.17. The average Bonchev–Trinajstić information content (AvgIpc) is 3.34. The molecule has 0 spiro atoms. The zero-order valence-electron chi connectivity index (χ0n) is 18.3. The molecule has 10 nitrogen and oxygen atoms in total. The van der Waals surface area contributed by atoms with E-state index < -0.39 is 24.4 Å². The molecule has 2 aliphatic rings. The molecule has 0 bridgehead atoms. The number of hydrogen-bond acceptors (Lipinski definition) is 8. The number of morpholine rings is 1. The van der Waals surface area contributed by atoms with Gasteiger partial charge in [-0.15, -0.1) is 5.10 Å². The minimum atomic E-state index is -1.12. The quantitative estimate of drug-likeness (QED) is 0.567. The summed E-state index contributed by atoms with van der Waals surface area (Å²) < 4.78 is 12.7. The van der Waals surface area contributed by atoms with Crippen LogP contribution >= 0.6 is 0 Å². The minimum absolute atomic E-state index is 0.0294. The van der Waals surface area contributed by atoms with E-state index in [1.807, 2.05) is 31.4 Å². The van der Waals surface area contributed by atoms with E-state index in [0.29, 0.717) is 32.8 Å². The zero-order valence-corrected chi connectivity index (χ0v) is 18.3. The summed E-state index contributed by atoms with van der Waals surface area (Å²) in [6.45, 7) is 3.77. The van der Waals surface area contributed by atoms with E-state index in [2.05, 4.69) is 27.3 Å². The molecule has 2 saturated heterocycles. The highest BCUT2D eigenvalue weighted by Gasteiger charge is 2.44. The second-order valence-electron chi connectivity index (χ2n) is 8.48. The third-order valence-electron chi connectivity index (χ3n) is 5.88. The van der Waals surface area contributed by atoms with E-state index in [1.54, 1.807) is 9.58 Å². The van der Waals surface area contributed by atoms with Crippen molar-refractivity contribution >= 4 is 5.91 Å². The first-order valence-corrected chi connectivity index (χ1v) is 11.0. The summed E-state index contributed by atoms with van der Waals surface area (Å²) in [6.07, 6.45) is -1.78. The molecule has 2 aromatic rings. The van der Waals surface area contributed by atoms with Crippen molar-refractivity contribution in [3.63, 3.8) is 0 Å². The highest BCUT2D eigenvalue weighted by molar-refractivity contribution is 5.77. The van der Waals surface area contributed by atoms with E-state index >= 15 is 0 Å². The van der Waals surface area contributed by atoms with E-state index in [1.165, 1.54) is 5.56 Å². The molecule has 4 atom stereocenters. The fraction of sp³-hybridized carbons (Fsp3) is 0.591. The molecule has 2 aliphatic heterocycles. The molecule has 4 unspecified atom stereocenters. The Labute approximate surface area is 187 Å². The summed E-state index contributed by atoms with van der Waals surface area (Å²) >= 11 is 0. The first-order chi connectivity index (χ1) is 15.5. The van der Waals surface area contributed by atoms with Crippen molar-refractivity contribution < 1.29 is 24.5 Å². The molecule has 174 valence electrons. The molecule has 1 amide bonds. The van der Waals surface area contributed by atoms with E-state index in [-0.39, 0.29) is 18.9 Å². The Morgan fingerprint density at radius 3 is 2.59 bits per heavy atom. The largest absolute Gasteiger partial charge is 0.388 e. The molecular weight excluding hydrogens is 414 g/mol. The minimum Gasteiger partial charge on any atom is -0.388 e. The van der Waals surface area contributed by atoms with Gasteiger partial charge in [0, 0.05) is 32.4 Å². The van der Waals surface area contributed by atoms with Crippen LogP contribution in [0, 0.1) is 0 Å². The average molecular weight is 446 g/mol. The van der Waals surface area contributed by atoms with Crippen LogP contribution in [0.2, 0.25) is 0 Å². The Kier molecular flexibility index (Phi) is 7.48. The highest BCUT2D eigenvalue weighted by Crippen LogP contribution is 2.25. The van der Waals surface area contributed by atoms with Gasteiger partial charge in [-0.25, -0.2) is 4.68 Å². The maximum atomic E-state index is 12.5. The van der Waals surface area contributed by atoms with Crippen LogP contribution in [0.1, 0.15) is 17.7 Å². The molecule has 0 radical (unpaired) electrons. The van der Waals surface area contributed by atoms with Crippen molar-refractivity contribution in [1.29, 1.82) is 0 Å². The molecule has 10 heteroatoms. The Balaban J connectivity index is 1.28. The molecule has 0 saturated carbocycles. The number of carbonyl (C=O) groups is 1. The van der Waals surface area contributed by atoms with Crippen LogP contribution in [0.4, 0.5) is 0 Å². The molecule has 2 fully saturated rings. The van der Waals surface area contributed by atoms with Crippen LogP contribution in [-0.2, 0) is 33.9 Å². The lowest BCUT2D eigenvalue weighted by Gasteiger charge is -2.28. The number of aromatic nitrogens is 3. The third kappa shape index (κ3) is 5.70. The first-order valence-electron chi connectivity index (χ1n) is 11.0. The third-order valence-corrected chi connectivity index (χ3v) is 5.88. The van der Waals surface area contributed by atoms with Crippen LogP contribution in [0.25, 0.3) is 0 Å². The van der Waals surface area contributed by atoms with Crippen molar-refractivity contribution in [3.8, 4) is 0 Å². The predicted molar refractivity (Wildman–Crippen MR) is 114 cm³/mol. The summed E-state index contributed by atoms with van der Waals surface area (Å²) in [5.74, 6) is -0.102. The summed E-state index contributed by atoms with van der Waals surface area (Å²) in [7, 11) is 2.02.